The van der Waals surface area contributed by atoms with E-state index in [2.05, 4.69) is 5.32 Å². The van der Waals surface area contributed by atoms with Gasteiger partial charge in [0, 0.05) is 0 Å². The molecule has 110 valence electrons. The molecular formula is C13H15Cl2NO3S. The lowest BCUT2D eigenvalue weighted by Gasteiger charge is -2.18. The minimum Gasteiger partial charge on any atom is -0.480 e. The lowest BCUT2D eigenvalue weighted by atomic mass is 10.2. The van der Waals surface area contributed by atoms with Crippen LogP contribution in [0.25, 0.3) is 0 Å². The van der Waals surface area contributed by atoms with Gasteiger partial charge in [-0.15, -0.1) is 11.8 Å². The molecule has 0 bridgehead atoms. The van der Waals surface area contributed by atoms with E-state index in [1.54, 1.807) is 32.9 Å². The third-order valence-corrected chi connectivity index (χ3v) is 4.73. The summed E-state index contributed by atoms with van der Waals surface area (Å²) < 4.78 is -1.03. The Morgan fingerprint density at radius 3 is 2.50 bits per heavy atom. The van der Waals surface area contributed by atoms with Crippen LogP contribution in [0.1, 0.15) is 19.4 Å². The lowest BCUT2D eigenvalue weighted by Crippen LogP contribution is -2.29. The van der Waals surface area contributed by atoms with Gasteiger partial charge in [-0.3, -0.25) is 9.59 Å². The smallest absolute Gasteiger partial charge is 0.319 e. The third kappa shape index (κ3) is 4.30. The number of hydrogen-bond acceptors (Lipinski definition) is 3. The number of carboxylic acids is 1. The predicted molar refractivity (Wildman–Crippen MR) is 84.0 cm³/mol. The summed E-state index contributed by atoms with van der Waals surface area (Å²) in [6.45, 7) is 4.89. The molecule has 4 nitrogen and oxygen atoms in total. The van der Waals surface area contributed by atoms with Crippen LogP contribution in [-0.4, -0.2) is 27.5 Å². The molecule has 1 aromatic rings. The van der Waals surface area contributed by atoms with E-state index in [1.165, 1.54) is 0 Å². The highest BCUT2D eigenvalue weighted by molar-refractivity contribution is 8.02. The monoisotopic (exact) mass is 335 g/mol. The van der Waals surface area contributed by atoms with Gasteiger partial charge in [0.2, 0.25) is 5.91 Å². The van der Waals surface area contributed by atoms with Gasteiger partial charge in [-0.1, -0.05) is 29.3 Å². The largest absolute Gasteiger partial charge is 0.480 e. The van der Waals surface area contributed by atoms with Crippen molar-refractivity contribution >= 4 is 52.5 Å². The first-order valence-electron chi connectivity index (χ1n) is 5.77. The fourth-order valence-corrected chi connectivity index (χ4v) is 2.41. The third-order valence-electron chi connectivity index (χ3n) is 2.63. The molecule has 0 unspecified atom stereocenters. The molecular weight excluding hydrogens is 321 g/mol. The number of thioether (sulfide) groups is 1. The minimum atomic E-state index is -1.03. The van der Waals surface area contributed by atoms with Crippen molar-refractivity contribution in [1.82, 2.24) is 0 Å². The van der Waals surface area contributed by atoms with Crippen molar-refractivity contribution < 1.29 is 14.7 Å². The SMILES string of the molecule is Cc1ccc(Cl)c(NC(=O)CSC(C)(C)C(=O)O)c1Cl. The van der Waals surface area contributed by atoms with Crippen LogP contribution in [0.15, 0.2) is 12.1 Å². The Kier molecular flexibility index (Phi) is 5.74. The molecule has 1 amide bonds. The second-order valence-corrected chi connectivity index (χ2v) is 7.09. The molecule has 0 saturated carbocycles. The second-order valence-electron chi connectivity index (χ2n) is 4.71. The minimum absolute atomic E-state index is 0.0000995. The first-order chi connectivity index (χ1) is 9.15. The summed E-state index contributed by atoms with van der Waals surface area (Å²) in [5.74, 6) is -1.32. The summed E-state index contributed by atoms with van der Waals surface area (Å²) in [4.78, 5) is 22.8. The van der Waals surface area contributed by atoms with Crippen molar-refractivity contribution in [1.29, 1.82) is 0 Å². The number of amides is 1. The average Bonchev–Trinajstić information content (AvgIpc) is 2.37. The van der Waals surface area contributed by atoms with Gasteiger partial charge in [0.05, 0.1) is 21.5 Å². The maximum absolute atomic E-state index is 11.9. The summed E-state index contributed by atoms with van der Waals surface area (Å²) in [6.07, 6.45) is 0. The van der Waals surface area contributed by atoms with Gasteiger partial charge in [-0.2, -0.15) is 0 Å². The standard InChI is InChI=1S/C13H15Cl2NO3S/c1-7-4-5-8(14)11(10(7)15)16-9(17)6-20-13(2,3)12(18)19/h4-5H,6H2,1-3H3,(H,16,17)(H,18,19). The Morgan fingerprint density at radius 2 is 1.95 bits per heavy atom. The number of anilines is 1. The maximum Gasteiger partial charge on any atom is 0.319 e. The quantitative estimate of drug-likeness (QED) is 0.857. The molecule has 0 spiro atoms. The molecule has 1 rings (SSSR count). The van der Waals surface area contributed by atoms with Gasteiger partial charge in [-0.25, -0.2) is 0 Å². The van der Waals surface area contributed by atoms with E-state index in [0.717, 1.165) is 17.3 Å². The zero-order valence-electron chi connectivity index (χ0n) is 11.3. The molecule has 0 aliphatic carbocycles. The van der Waals surface area contributed by atoms with Gasteiger partial charge in [0.1, 0.15) is 4.75 Å². The van der Waals surface area contributed by atoms with Gasteiger partial charge in [-0.05, 0) is 32.4 Å². The van der Waals surface area contributed by atoms with E-state index in [4.69, 9.17) is 28.3 Å². The van der Waals surface area contributed by atoms with Gasteiger partial charge >= 0.3 is 5.97 Å². The topological polar surface area (TPSA) is 66.4 Å². The van der Waals surface area contributed by atoms with Crippen LogP contribution in [0.4, 0.5) is 5.69 Å². The number of aliphatic carboxylic acids is 1. The normalized spacial score (nSPS) is 11.2. The number of rotatable bonds is 5. The molecule has 0 aromatic heterocycles. The molecule has 0 fully saturated rings. The molecule has 0 saturated heterocycles. The van der Waals surface area contributed by atoms with Gasteiger partial charge < -0.3 is 10.4 Å². The zero-order valence-corrected chi connectivity index (χ0v) is 13.6. The Bertz CT molecular complexity index is 547. The number of carbonyl (C=O) groups excluding carboxylic acids is 1. The molecule has 0 atom stereocenters. The van der Waals surface area contributed by atoms with Crippen LogP contribution in [0, 0.1) is 6.92 Å². The molecule has 0 radical (unpaired) electrons. The number of carbonyl (C=O) groups is 2. The van der Waals surface area contributed by atoms with Crippen LogP contribution >= 0.6 is 35.0 Å². The summed E-state index contributed by atoms with van der Waals surface area (Å²) >= 11 is 13.1. The molecule has 0 aliphatic heterocycles. The molecule has 0 heterocycles. The summed E-state index contributed by atoms with van der Waals surface area (Å²) in [6, 6.07) is 3.40. The number of nitrogens with one attached hydrogen (secondary N) is 1. The lowest BCUT2D eigenvalue weighted by molar-refractivity contribution is -0.138. The zero-order chi connectivity index (χ0) is 15.5. The highest BCUT2D eigenvalue weighted by Gasteiger charge is 2.28. The summed E-state index contributed by atoms with van der Waals surface area (Å²) in [7, 11) is 0. The van der Waals surface area contributed by atoms with E-state index in [9.17, 15) is 9.59 Å². The highest BCUT2D eigenvalue weighted by Crippen LogP contribution is 2.33. The first kappa shape index (κ1) is 17.1. The fourth-order valence-electron chi connectivity index (χ4n) is 1.25. The van der Waals surface area contributed by atoms with Crippen molar-refractivity contribution in [2.24, 2.45) is 0 Å². The number of carboxylic acid groups (broad SMARTS) is 1. The molecule has 7 heteroatoms. The summed E-state index contributed by atoms with van der Waals surface area (Å²) in [5, 5.41) is 12.3. The number of halogens is 2. The van der Waals surface area contributed by atoms with Crippen LogP contribution in [0.2, 0.25) is 10.0 Å². The van der Waals surface area contributed by atoms with Crippen molar-refractivity contribution in [3.05, 3.63) is 27.7 Å². The van der Waals surface area contributed by atoms with Crippen LogP contribution in [-0.2, 0) is 9.59 Å². The van der Waals surface area contributed by atoms with Crippen molar-refractivity contribution in [2.75, 3.05) is 11.1 Å². The highest BCUT2D eigenvalue weighted by atomic mass is 35.5. The van der Waals surface area contributed by atoms with Crippen molar-refractivity contribution in [3.63, 3.8) is 0 Å². The van der Waals surface area contributed by atoms with Gasteiger partial charge in [0.15, 0.2) is 0 Å². The van der Waals surface area contributed by atoms with Crippen LogP contribution in [0.3, 0.4) is 0 Å². The average molecular weight is 336 g/mol. The number of aryl methyl sites for hydroxylation is 1. The van der Waals surface area contributed by atoms with E-state index < -0.39 is 10.7 Å². The van der Waals surface area contributed by atoms with Gasteiger partial charge in [0.25, 0.3) is 0 Å². The number of hydrogen-bond donors (Lipinski definition) is 2. The first-order valence-corrected chi connectivity index (χ1v) is 7.51. The van der Waals surface area contributed by atoms with Crippen molar-refractivity contribution in [2.45, 2.75) is 25.5 Å². The van der Waals surface area contributed by atoms with E-state index in [0.29, 0.717) is 15.7 Å². The van der Waals surface area contributed by atoms with Crippen LogP contribution in [0.5, 0.6) is 0 Å². The van der Waals surface area contributed by atoms with Crippen LogP contribution < -0.4 is 5.32 Å². The molecule has 2 N–H and O–H groups in total. The van der Waals surface area contributed by atoms with Crippen molar-refractivity contribution in [3.8, 4) is 0 Å². The predicted octanol–water partition coefficient (Wildman–Crippen LogP) is 3.84. The fraction of sp³-hybridized carbons (Fsp3) is 0.385. The Hall–Kier alpha value is -0.910. The summed E-state index contributed by atoms with van der Waals surface area (Å²) in [5.41, 5.74) is 1.15. The Morgan fingerprint density at radius 1 is 1.35 bits per heavy atom. The maximum atomic E-state index is 11.9. The van der Waals surface area contributed by atoms with E-state index in [1.807, 2.05) is 0 Å². The Balaban J connectivity index is 2.73. The second kappa shape index (κ2) is 6.70. The Labute approximate surface area is 131 Å². The molecule has 20 heavy (non-hydrogen) atoms. The number of benzene rings is 1. The molecule has 0 aliphatic rings. The van der Waals surface area contributed by atoms with E-state index >= 15 is 0 Å². The molecule has 1 aromatic carbocycles. The van der Waals surface area contributed by atoms with E-state index in [-0.39, 0.29) is 11.7 Å².